The van der Waals surface area contributed by atoms with Crippen LogP contribution in [0.3, 0.4) is 0 Å². The van der Waals surface area contributed by atoms with Crippen molar-refractivity contribution in [2.45, 2.75) is 31.9 Å². The number of halogens is 1. The zero-order chi connectivity index (χ0) is 21.3. The molecule has 0 aliphatic carbocycles. The van der Waals surface area contributed by atoms with E-state index in [2.05, 4.69) is 11.9 Å². The van der Waals surface area contributed by atoms with Gasteiger partial charge in [0.2, 0.25) is 0 Å². The number of carbonyl (C=O) groups is 1. The number of para-hydroxylation sites is 2. The van der Waals surface area contributed by atoms with Crippen LogP contribution in [0.1, 0.15) is 30.1 Å². The molecule has 1 aliphatic heterocycles. The lowest BCUT2D eigenvalue weighted by Crippen LogP contribution is -2.49. The van der Waals surface area contributed by atoms with Gasteiger partial charge in [-0.15, -0.1) is 0 Å². The highest BCUT2D eigenvalue weighted by molar-refractivity contribution is 6.00. The lowest BCUT2D eigenvalue weighted by molar-refractivity contribution is 0.0388. The van der Waals surface area contributed by atoms with Crippen LogP contribution in [0.15, 0.2) is 54.7 Å². The molecule has 1 aliphatic rings. The summed E-state index contributed by atoms with van der Waals surface area (Å²) in [4.78, 5) is 21.3. The number of pyridine rings is 1. The molecule has 2 aromatic carbocycles. The summed E-state index contributed by atoms with van der Waals surface area (Å²) >= 11 is 0. The highest BCUT2D eigenvalue weighted by atomic mass is 19.1. The predicted octanol–water partition coefficient (Wildman–Crippen LogP) is 4.51. The van der Waals surface area contributed by atoms with Crippen molar-refractivity contribution in [3.8, 4) is 5.75 Å². The quantitative estimate of drug-likeness (QED) is 0.638. The van der Waals surface area contributed by atoms with Gasteiger partial charge >= 0.3 is 0 Å². The molecule has 156 valence electrons. The minimum absolute atomic E-state index is 0.00531. The molecule has 3 aromatic rings. The van der Waals surface area contributed by atoms with Gasteiger partial charge in [-0.05, 0) is 50.1 Å². The van der Waals surface area contributed by atoms with Gasteiger partial charge in [-0.2, -0.15) is 0 Å². The van der Waals surface area contributed by atoms with Gasteiger partial charge in [-0.3, -0.25) is 9.78 Å². The van der Waals surface area contributed by atoms with E-state index in [-0.39, 0.29) is 23.9 Å². The van der Waals surface area contributed by atoms with Crippen molar-refractivity contribution in [3.63, 3.8) is 0 Å². The van der Waals surface area contributed by atoms with E-state index >= 15 is 0 Å². The lowest BCUT2D eigenvalue weighted by atomic mass is 9.99. The molecule has 30 heavy (non-hydrogen) atoms. The fourth-order valence-electron chi connectivity index (χ4n) is 4.05. The molecule has 1 saturated heterocycles. The number of hydrogen-bond donors (Lipinski definition) is 0. The molecule has 6 heteroatoms. The molecular formula is C24H26FN3O2. The summed E-state index contributed by atoms with van der Waals surface area (Å²) in [6, 6.07) is 14.4. The molecule has 1 fully saturated rings. The third kappa shape index (κ3) is 3.82. The molecule has 1 aromatic heterocycles. The van der Waals surface area contributed by atoms with Crippen molar-refractivity contribution in [1.82, 2.24) is 9.88 Å². The number of hydrogen-bond acceptors (Lipinski definition) is 4. The molecule has 2 atom stereocenters. The van der Waals surface area contributed by atoms with Crippen LogP contribution in [0.2, 0.25) is 0 Å². The van der Waals surface area contributed by atoms with Gasteiger partial charge in [0.1, 0.15) is 23.2 Å². The molecule has 1 amide bonds. The first-order valence-corrected chi connectivity index (χ1v) is 10.2. The third-order valence-electron chi connectivity index (χ3n) is 5.69. The topological polar surface area (TPSA) is 45.7 Å². The van der Waals surface area contributed by atoms with E-state index in [1.807, 2.05) is 54.2 Å². The van der Waals surface area contributed by atoms with Crippen molar-refractivity contribution >= 4 is 22.5 Å². The van der Waals surface area contributed by atoms with Crippen molar-refractivity contribution < 1.29 is 13.9 Å². The van der Waals surface area contributed by atoms with Crippen molar-refractivity contribution in [2.75, 3.05) is 25.5 Å². The number of aromatic nitrogens is 1. The monoisotopic (exact) mass is 407 g/mol. The Morgan fingerprint density at radius 1 is 1.13 bits per heavy atom. The molecule has 0 radical (unpaired) electrons. The fraction of sp³-hybridized carbons (Fsp3) is 0.333. The van der Waals surface area contributed by atoms with Crippen LogP contribution in [0, 0.1) is 5.82 Å². The Morgan fingerprint density at radius 3 is 2.73 bits per heavy atom. The number of anilines is 1. The summed E-state index contributed by atoms with van der Waals surface area (Å²) in [7, 11) is 3.87. The smallest absolute Gasteiger partial charge is 0.256 e. The lowest BCUT2D eigenvalue weighted by Gasteiger charge is -2.38. The number of carbonyl (C=O) groups excluding carboxylic acids is 1. The van der Waals surface area contributed by atoms with E-state index in [0.717, 1.165) is 18.5 Å². The first kappa shape index (κ1) is 20.1. The Bertz CT molecular complexity index is 1070. The second-order valence-electron chi connectivity index (χ2n) is 7.98. The molecule has 0 N–H and O–H groups in total. The van der Waals surface area contributed by atoms with Crippen LogP contribution in [0.4, 0.5) is 10.1 Å². The maximum atomic E-state index is 14.1. The van der Waals surface area contributed by atoms with Crippen LogP contribution >= 0.6 is 0 Å². The fourth-order valence-corrected chi connectivity index (χ4v) is 4.05. The molecule has 2 heterocycles. The number of ether oxygens (including phenoxy) is 1. The van der Waals surface area contributed by atoms with Crippen LogP contribution in [-0.4, -0.2) is 48.6 Å². The minimum Gasteiger partial charge on any atom is -0.488 e. The average molecular weight is 407 g/mol. The summed E-state index contributed by atoms with van der Waals surface area (Å²) < 4.78 is 20.3. The Labute approximate surface area is 176 Å². The highest BCUT2D eigenvalue weighted by Gasteiger charge is 2.32. The molecule has 4 rings (SSSR count). The summed E-state index contributed by atoms with van der Waals surface area (Å²) in [6.45, 7) is 2.56. The van der Waals surface area contributed by atoms with Crippen molar-refractivity contribution in [2.24, 2.45) is 0 Å². The maximum Gasteiger partial charge on any atom is 0.256 e. The van der Waals surface area contributed by atoms with Crippen LogP contribution in [0.5, 0.6) is 5.75 Å². The maximum absolute atomic E-state index is 14.1. The van der Waals surface area contributed by atoms with E-state index < -0.39 is 0 Å². The number of likely N-dealkylation sites (tertiary alicyclic amines) is 1. The number of rotatable bonds is 4. The van der Waals surface area contributed by atoms with E-state index in [1.54, 1.807) is 18.3 Å². The standard InChI is InChI=1S/C24H26FN3O2/c1-16-11-12-17(30-22-13-14-26-23-19(22)8-6-9-20(23)25)15-28(16)24(29)18-7-4-5-10-21(18)27(2)3/h4-10,13-14,16-17H,11-12,15H2,1-3H3/t16-,17-/m1/s1. The van der Waals surface area contributed by atoms with Gasteiger partial charge in [-0.1, -0.05) is 18.2 Å². The van der Waals surface area contributed by atoms with E-state index in [9.17, 15) is 9.18 Å². The molecule has 5 nitrogen and oxygen atoms in total. The average Bonchev–Trinajstić information content (AvgIpc) is 2.75. The Kier molecular flexibility index (Phi) is 5.57. The van der Waals surface area contributed by atoms with Crippen LogP contribution in [-0.2, 0) is 0 Å². The zero-order valence-corrected chi connectivity index (χ0v) is 17.5. The van der Waals surface area contributed by atoms with Crippen LogP contribution < -0.4 is 9.64 Å². The normalized spacial score (nSPS) is 19.0. The number of benzene rings is 2. The Balaban J connectivity index is 1.58. The predicted molar refractivity (Wildman–Crippen MR) is 117 cm³/mol. The molecule has 0 spiro atoms. The number of fused-ring (bicyclic) bond motifs is 1. The van der Waals surface area contributed by atoms with Gasteiger partial charge in [0.05, 0.1) is 12.1 Å². The second-order valence-corrected chi connectivity index (χ2v) is 7.98. The largest absolute Gasteiger partial charge is 0.488 e. The van der Waals surface area contributed by atoms with Gasteiger partial charge in [-0.25, -0.2) is 4.39 Å². The van der Waals surface area contributed by atoms with Crippen LogP contribution in [0.25, 0.3) is 10.9 Å². The van der Waals surface area contributed by atoms with Gasteiger partial charge in [0.15, 0.2) is 0 Å². The zero-order valence-electron chi connectivity index (χ0n) is 17.5. The SMILES string of the molecule is C[C@@H]1CC[C@@H](Oc2ccnc3c(F)cccc23)CN1C(=O)c1ccccc1N(C)C. The molecule has 0 unspecified atom stereocenters. The summed E-state index contributed by atoms with van der Waals surface area (Å²) in [5.74, 6) is 0.234. The first-order chi connectivity index (χ1) is 14.5. The van der Waals surface area contributed by atoms with Gasteiger partial charge in [0, 0.05) is 37.4 Å². The number of nitrogens with zero attached hydrogens (tertiary/aromatic N) is 3. The van der Waals surface area contributed by atoms with Gasteiger partial charge < -0.3 is 14.5 Å². The van der Waals surface area contributed by atoms with E-state index in [4.69, 9.17) is 4.74 Å². The van der Waals surface area contributed by atoms with Gasteiger partial charge in [0.25, 0.3) is 5.91 Å². The van der Waals surface area contributed by atoms with E-state index in [0.29, 0.717) is 28.8 Å². The minimum atomic E-state index is -0.368. The summed E-state index contributed by atoms with van der Waals surface area (Å²) in [5.41, 5.74) is 1.88. The molecular weight excluding hydrogens is 381 g/mol. The molecule has 0 bridgehead atoms. The summed E-state index contributed by atoms with van der Waals surface area (Å²) in [5, 5.41) is 0.645. The summed E-state index contributed by atoms with van der Waals surface area (Å²) in [6.07, 6.45) is 3.07. The van der Waals surface area contributed by atoms with Crippen molar-refractivity contribution in [1.29, 1.82) is 0 Å². The third-order valence-corrected chi connectivity index (χ3v) is 5.69. The molecule has 0 saturated carbocycles. The number of piperidine rings is 1. The Morgan fingerprint density at radius 2 is 1.93 bits per heavy atom. The van der Waals surface area contributed by atoms with E-state index in [1.165, 1.54) is 6.07 Å². The second kappa shape index (κ2) is 8.30. The number of amides is 1. The van der Waals surface area contributed by atoms with Crippen molar-refractivity contribution in [3.05, 3.63) is 66.1 Å². The first-order valence-electron chi connectivity index (χ1n) is 10.2. The highest BCUT2D eigenvalue weighted by Crippen LogP contribution is 2.30. The Hall–Kier alpha value is -3.15.